The molecule has 0 spiro atoms. The Bertz CT molecular complexity index is 1330. The summed E-state index contributed by atoms with van der Waals surface area (Å²) in [4.78, 5) is 53.1. The molecule has 1 aliphatic heterocycles. The van der Waals surface area contributed by atoms with Crippen LogP contribution in [-0.2, 0) is 14.3 Å². The smallest absolute Gasteiger partial charge is 0.407 e. The number of benzene rings is 1. The Labute approximate surface area is 252 Å². The molecule has 10 heteroatoms. The number of nitrogens with one attached hydrogen (secondary N) is 2. The molecule has 2 atom stereocenters. The summed E-state index contributed by atoms with van der Waals surface area (Å²) in [7, 11) is 0. The molecule has 0 radical (unpaired) electrons. The molecule has 2 aromatic rings. The molecular weight excluding hydrogens is 550 g/mol. The van der Waals surface area contributed by atoms with Gasteiger partial charge in [0.05, 0.1) is 0 Å². The van der Waals surface area contributed by atoms with E-state index in [0.29, 0.717) is 41.6 Å². The molecule has 3 aliphatic rings. The monoisotopic (exact) mass is 595 g/mol. The van der Waals surface area contributed by atoms with E-state index in [1.807, 2.05) is 25.7 Å². The van der Waals surface area contributed by atoms with Crippen molar-refractivity contribution in [1.82, 2.24) is 10.2 Å². The molecule has 234 valence electrons. The van der Waals surface area contributed by atoms with Crippen LogP contribution in [0.2, 0.25) is 0 Å². The molecule has 1 saturated heterocycles. The molecule has 2 heterocycles. The van der Waals surface area contributed by atoms with Crippen LogP contribution in [-0.4, -0.2) is 58.6 Å². The number of alkyl carbamates (subject to hydrolysis) is 1. The third-order valence-corrected chi connectivity index (χ3v) is 9.38. The highest BCUT2D eigenvalue weighted by Gasteiger charge is 2.46. The van der Waals surface area contributed by atoms with Crippen LogP contribution in [0, 0.1) is 23.7 Å². The first-order valence-corrected chi connectivity index (χ1v) is 15.8. The average molecular weight is 596 g/mol. The lowest BCUT2D eigenvalue weighted by atomic mass is 9.76. The largest absolute Gasteiger partial charge is 0.475 e. The van der Waals surface area contributed by atoms with Gasteiger partial charge in [0.25, 0.3) is 0 Å². The highest BCUT2D eigenvalue weighted by atomic mass is 16.6. The second-order valence-corrected chi connectivity index (χ2v) is 13.6. The van der Waals surface area contributed by atoms with Gasteiger partial charge in [0.2, 0.25) is 17.6 Å². The minimum atomic E-state index is -1.15. The Balaban J connectivity index is 1.25. The zero-order valence-electron chi connectivity index (χ0n) is 25.5. The fourth-order valence-electron chi connectivity index (χ4n) is 7.29. The highest BCUT2D eigenvalue weighted by Crippen LogP contribution is 2.41. The quantitative estimate of drug-likeness (QED) is 0.347. The fourth-order valence-corrected chi connectivity index (χ4v) is 7.29. The highest BCUT2D eigenvalue weighted by molar-refractivity contribution is 6.00. The Morgan fingerprint density at radius 2 is 1.70 bits per heavy atom. The van der Waals surface area contributed by atoms with Gasteiger partial charge in [-0.3, -0.25) is 9.59 Å². The van der Waals surface area contributed by atoms with Crippen LogP contribution in [0.25, 0.3) is 11.0 Å². The van der Waals surface area contributed by atoms with Crippen molar-refractivity contribution >= 4 is 40.5 Å². The number of hydrogen-bond donors (Lipinski definition) is 3. The second-order valence-electron chi connectivity index (χ2n) is 13.6. The van der Waals surface area contributed by atoms with Crippen molar-refractivity contribution < 1.29 is 33.4 Å². The molecule has 3 fully saturated rings. The second kappa shape index (κ2) is 13.0. The maximum Gasteiger partial charge on any atom is 0.407 e. The zero-order chi connectivity index (χ0) is 30.7. The normalized spacial score (nSPS) is 25.0. The van der Waals surface area contributed by atoms with E-state index in [-0.39, 0.29) is 29.4 Å². The number of hydrogen-bond acceptors (Lipinski definition) is 6. The number of fused-ring (bicyclic) bond motifs is 1. The zero-order valence-corrected chi connectivity index (χ0v) is 25.5. The van der Waals surface area contributed by atoms with Crippen molar-refractivity contribution in [2.24, 2.45) is 23.7 Å². The Hall–Kier alpha value is -3.56. The molecule has 10 nitrogen and oxygen atoms in total. The molecule has 2 aliphatic carbocycles. The van der Waals surface area contributed by atoms with Gasteiger partial charge in [-0.1, -0.05) is 32.1 Å². The number of anilines is 1. The van der Waals surface area contributed by atoms with Crippen molar-refractivity contribution in [2.45, 2.75) is 96.6 Å². The van der Waals surface area contributed by atoms with E-state index in [1.165, 1.54) is 12.5 Å². The molecule has 0 unspecified atom stereocenters. The first-order valence-electron chi connectivity index (χ1n) is 15.8. The third kappa shape index (κ3) is 7.51. The predicted octanol–water partition coefficient (Wildman–Crippen LogP) is 6.20. The van der Waals surface area contributed by atoms with Gasteiger partial charge in [0.15, 0.2) is 0 Å². The van der Waals surface area contributed by atoms with E-state index in [9.17, 15) is 24.3 Å². The van der Waals surface area contributed by atoms with Gasteiger partial charge in [-0.05, 0) is 94.9 Å². The lowest BCUT2D eigenvalue weighted by Gasteiger charge is -2.36. The van der Waals surface area contributed by atoms with Crippen LogP contribution in [0.5, 0.6) is 0 Å². The number of carboxylic acid groups (broad SMARTS) is 1. The number of carbonyl (C=O) groups excluding carboxylic acids is 3. The molecule has 0 bridgehead atoms. The summed E-state index contributed by atoms with van der Waals surface area (Å²) < 4.78 is 10.7. The third-order valence-electron chi connectivity index (χ3n) is 9.38. The molecule has 3 N–H and O–H groups in total. The summed E-state index contributed by atoms with van der Waals surface area (Å²) in [5, 5.41) is 15.8. The summed E-state index contributed by atoms with van der Waals surface area (Å²) in [6.07, 6.45) is 9.28. The van der Waals surface area contributed by atoms with Gasteiger partial charge < -0.3 is 29.8 Å². The molecule has 43 heavy (non-hydrogen) atoms. The summed E-state index contributed by atoms with van der Waals surface area (Å²) in [6.45, 7) is 6.62. The Morgan fingerprint density at radius 1 is 0.977 bits per heavy atom. The number of rotatable bonds is 7. The number of carboxylic acids is 1. The first kappa shape index (κ1) is 30.9. The topological polar surface area (TPSA) is 138 Å². The van der Waals surface area contributed by atoms with Crippen LogP contribution in [0.1, 0.15) is 95.5 Å². The van der Waals surface area contributed by atoms with Crippen molar-refractivity contribution in [2.75, 3.05) is 18.4 Å². The van der Waals surface area contributed by atoms with Crippen LogP contribution in [0.4, 0.5) is 10.5 Å². The van der Waals surface area contributed by atoms with Crippen LogP contribution in [0.15, 0.2) is 28.7 Å². The van der Waals surface area contributed by atoms with Crippen LogP contribution < -0.4 is 10.6 Å². The molecule has 3 amide bonds. The summed E-state index contributed by atoms with van der Waals surface area (Å²) in [5.41, 5.74) is 0.443. The van der Waals surface area contributed by atoms with Crippen molar-refractivity contribution in [3.8, 4) is 0 Å². The minimum Gasteiger partial charge on any atom is -0.475 e. The van der Waals surface area contributed by atoms with Crippen molar-refractivity contribution in [1.29, 1.82) is 0 Å². The van der Waals surface area contributed by atoms with E-state index in [4.69, 9.17) is 9.15 Å². The van der Waals surface area contributed by atoms with Gasteiger partial charge >= 0.3 is 12.1 Å². The Kier molecular flexibility index (Phi) is 9.32. The van der Waals surface area contributed by atoms with Crippen LogP contribution >= 0.6 is 0 Å². The van der Waals surface area contributed by atoms with E-state index >= 15 is 0 Å². The summed E-state index contributed by atoms with van der Waals surface area (Å²) in [6, 6.07) is 5.99. The maximum absolute atomic E-state index is 14.0. The summed E-state index contributed by atoms with van der Waals surface area (Å²) >= 11 is 0. The lowest BCUT2D eigenvalue weighted by Crippen LogP contribution is -2.49. The van der Waals surface area contributed by atoms with Gasteiger partial charge in [-0.2, -0.15) is 0 Å². The van der Waals surface area contributed by atoms with Gasteiger partial charge in [-0.15, -0.1) is 0 Å². The van der Waals surface area contributed by atoms with E-state index in [1.54, 1.807) is 18.2 Å². The van der Waals surface area contributed by atoms with Gasteiger partial charge in [0.1, 0.15) is 17.2 Å². The number of ether oxygens (including phenoxy) is 1. The predicted molar refractivity (Wildman–Crippen MR) is 162 cm³/mol. The number of amides is 3. The first-order chi connectivity index (χ1) is 20.5. The number of furan rings is 1. The van der Waals surface area contributed by atoms with Crippen LogP contribution in [0.3, 0.4) is 0 Å². The maximum atomic E-state index is 14.0. The summed E-state index contributed by atoms with van der Waals surface area (Å²) in [5.74, 6) is -0.712. The Morgan fingerprint density at radius 3 is 2.37 bits per heavy atom. The van der Waals surface area contributed by atoms with E-state index in [0.717, 1.165) is 57.8 Å². The number of aromatic carboxylic acids is 1. The molecular formula is C33H45N3O7. The van der Waals surface area contributed by atoms with E-state index in [2.05, 4.69) is 10.6 Å². The van der Waals surface area contributed by atoms with Gasteiger partial charge in [0, 0.05) is 30.1 Å². The number of nitrogens with zero attached hydrogens (tertiary/aromatic N) is 1. The minimum absolute atomic E-state index is 0.0633. The molecule has 1 aromatic heterocycles. The van der Waals surface area contributed by atoms with E-state index < -0.39 is 23.7 Å². The van der Waals surface area contributed by atoms with Crippen molar-refractivity contribution in [3.63, 3.8) is 0 Å². The lowest BCUT2D eigenvalue weighted by molar-refractivity contribution is -0.142. The SMILES string of the molecule is CC(C)(C)OC(=O)NCC1CCC(C(=O)N2CC[C@@H](C3CCCCC3)[C@H]2C(=O)Nc2ccc3oc(C(=O)O)cc3c2)CC1. The van der Waals surface area contributed by atoms with Crippen molar-refractivity contribution in [3.05, 3.63) is 30.0 Å². The molecule has 2 saturated carbocycles. The van der Waals surface area contributed by atoms with Gasteiger partial charge in [-0.25, -0.2) is 9.59 Å². The number of likely N-dealkylation sites (tertiary alicyclic amines) is 1. The molecule has 1 aromatic carbocycles. The average Bonchev–Trinajstić information content (AvgIpc) is 3.61. The fraction of sp³-hybridized carbons (Fsp3) is 0.636. The molecule has 5 rings (SSSR count). The standard InChI is InChI=1S/C33H45N3O7/c1-33(2,3)43-32(41)34-19-20-9-11-22(12-10-20)30(38)36-16-15-25(21-7-5-4-6-8-21)28(36)29(37)35-24-13-14-26-23(17-24)18-27(42-26)31(39)40/h13-14,17-18,20-22,25,28H,4-12,15-16,19H2,1-3H3,(H,34,41)(H,35,37)(H,39,40)/t20?,22?,25-,28-/m0/s1. The number of carbonyl (C=O) groups is 4.